The largest absolute Gasteiger partial charge is 0.496 e. The van der Waals surface area contributed by atoms with Crippen molar-refractivity contribution >= 4 is 11.6 Å². The van der Waals surface area contributed by atoms with Gasteiger partial charge in [-0.2, -0.15) is 4.98 Å². The number of rotatable bonds is 3. The van der Waals surface area contributed by atoms with Gasteiger partial charge in [0.2, 0.25) is 0 Å². The number of nitrogens with zero attached hydrogens (tertiary/aromatic N) is 2. The van der Waals surface area contributed by atoms with Gasteiger partial charge in [0.05, 0.1) is 18.7 Å². The summed E-state index contributed by atoms with van der Waals surface area (Å²) in [7, 11) is 1.61. The van der Waals surface area contributed by atoms with Gasteiger partial charge in [-0.25, -0.2) is 0 Å². The summed E-state index contributed by atoms with van der Waals surface area (Å²) in [5.41, 5.74) is 0.720. The molecule has 1 N–H and O–H groups in total. The zero-order valence-electron chi connectivity index (χ0n) is 11.9. The summed E-state index contributed by atoms with van der Waals surface area (Å²) in [6.07, 6.45) is 4.66. The van der Waals surface area contributed by atoms with Crippen LogP contribution in [-0.4, -0.2) is 23.8 Å². The molecule has 0 bridgehead atoms. The molecule has 0 spiro atoms. The molecular weight excluding hydrogens is 290 g/mol. The van der Waals surface area contributed by atoms with E-state index in [0.717, 1.165) is 18.5 Å². The molecule has 1 aliphatic heterocycles. The van der Waals surface area contributed by atoms with Crippen LogP contribution < -0.4 is 10.1 Å². The van der Waals surface area contributed by atoms with Gasteiger partial charge in [-0.05, 0) is 37.6 Å². The highest BCUT2D eigenvalue weighted by Gasteiger charge is 2.21. The Morgan fingerprint density at radius 3 is 3.10 bits per heavy atom. The van der Waals surface area contributed by atoms with Crippen LogP contribution in [0.5, 0.6) is 5.75 Å². The van der Waals surface area contributed by atoms with Crippen LogP contribution in [0.4, 0.5) is 0 Å². The maximum absolute atomic E-state index is 6.04. The van der Waals surface area contributed by atoms with Crippen LogP contribution in [0.25, 0.3) is 11.5 Å². The van der Waals surface area contributed by atoms with Gasteiger partial charge >= 0.3 is 0 Å². The molecule has 0 radical (unpaired) electrons. The maximum Gasteiger partial charge on any atom is 0.261 e. The van der Waals surface area contributed by atoms with E-state index in [1.54, 1.807) is 25.3 Å². The van der Waals surface area contributed by atoms with Crippen LogP contribution >= 0.6 is 11.6 Å². The molecule has 0 saturated carbocycles. The first-order chi connectivity index (χ1) is 10.3. The summed E-state index contributed by atoms with van der Waals surface area (Å²) in [6.45, 7) is 0.995. The van der Waals surface area contributed by atoms with E-state index in [2.05, 4.69) is 15.5 Å². The predicted octanol–water partition coefficient (Wildman–Crippen LogP) is 3.60. The fourth-order valence-corrected chi connectivity index (χ4v) is 2.75. The molecule has 1 fully saturated rings. The number of halogens is 1. The molecule has 6 heteroatoms. The summed E-state index contributed by atoms with van der Waals surface area (Å²) in [5, 5.41) is 8.19. The lowest BCUT2D eigenvalue weighted by molar-refractivity contribution is 0.394. The van der Waals surface area contributed by atoms with E-state index in [1.165, 1.54) is 19.3 Å². The molecule has 2 aromatic rings. The normalized spacial score (nSPS) is 19.2. The summed E-state index contributed by atoms with van der Waals surface area (Å²) < 4.78 is 10.7. The minimum atomic E-state index is 0.162. The van der Waals surface area contributed by atoms with E-state index in [-0.39, 0.29) is 6.04 Å². The molecule has 0 aliphatic carbocycles. The Hall–Kier alpha value is -1.59. The van der Waals surface area contributed by atoms with Crippen molar-refractivity contribution in [2.45, 2.75) is 31.7 Å². The first-order valence-corrected chi connectivity index (χ1v) is 7.56. The van der Waals surface area contributed by atoms with Crippen molar-refractivity contribution in [3.8, 4) is 17.2 Å². The fraction of sp³-hybridized carbons (Fsp3) is 0.467. The lowest BCUT2D eigenvalue weighted by Crippen LogP contribution is -2.21. The molecule has 1 aromatic heterocycles. The highest BCUT2D eigenvalue weighted by Crippen LogP contribution is 2.32. The average molecular weight is 308 g/mol. The van der Waals surface area contributed by atoms with Gasteiger partial charge in [-0.3, -0.25) is 0 Å². The van der Waals surface area contributed by atoms with Crippen molar-refractivity contribution in [1.29, 1.82) is 0 Å². The van der Waals surface area contributed by atoms with E-state index in [1.807, 2.05) is 0 Å². The third-order valence-electron chi connectivity index (χ3n) is 3.71. The minimum absolute atomic E-state index is 0.162. The first-order valence-electron chi connectivity index (χ1n) is 7.19. The van der Waals surface area contributed by atoms with Crippen LogP contribution in [0.3, 0.4) is 0 Å². The molecule has 3 rings (SSSR count). The first kappa shape index (κ1) is 14.4. The topological polar surface area (TPSA) is 60.2 Å². The zero-order valence-corrected chi connectivity index (χ0v) is 12.7. The molecule has 1 saturated heterocycles. The lowest BCUT2D eigenvalue weighted by atomic mass is 10.1. The number of nitrogens with one attached hydrogen (secondary N) is 1. The van der Waals surface area contributed by atoms with Crippen LogP contribution in [-0.2, 0) is 0 Å². The van der Waals surface area contributed by atoms with Crippen LogP contribution in [0.2, 0.25) is 5.02 Å². The van der Waals surface area contributed by atoms with Crippen LogP contribution in [0.1, 0.15) is 37.5 Å². The number of methoxy groups -OCH3 is 1. The number of benzene rings is 1. The summed E-state index contributed by atoms with van der Waals surface area (Å²) in [5.74, 6) is 1.81. The van der Waals surface area contributed by atoms with E-state index >= 15 is 0 Å². The minimum Gasteiger partial charge on any atom is -0.496 e. The van der Waals surface area contributed by atoms with Crippen molar-refractivity contribution in [2.75, 3.05) is 13.7 Å². The molecule has 0 amide bonds. The average Bonchev–Trinajstić information content (AvgIpc) is 2.83. The second-order valence-corrected chi connectivity index (χ2v) is 5.59. The quantitative estimate of drug-likeness (QED) is 0.938. The molecule has 1 atom stereocenters. The van der Waals surface area contributed by atoms with E-state index < -0.39 is 0 Å². The monoisotopic (exact) mass is 307 g/mol. The molecule has 1 aromatic carbocycles. The van der Waals surface area contributed by atoms with Gasteiger partial charge in [-0.15, -0.1) is 0 Å². The maximum atomic E-state index is 6.04. The Balaban J connectivity index is 1.89. The van der Waals surface area contributed by atoms with Gasteiger partial charge < -0.3 is 14.6 Å². The fourth-order valence-electron chi connectivity index (χ4n) is 2.58. The van der Waals surface area contributed by atoms with E-state index in [4.69, 9.17) is 20.9 Å². The molecular formula is C15H18ClN3O2. The highest BCUT2D eigenvalue weighted by atomic mass is 35.5. The third kappa shape index (κ3) is 3.19. The Kier molecular flexibility index (Phi) is 4.41. The second-order valence-electron chi connectivity index (χ2n) is 5.16. The summed E-state index contributed by atoms with van der Waals surface area (Å²) >= 11 is 6.04. The molecule has 1 aliphatic rings. The second kappa shape index (κ2) is 6.45. The number of aromatic nitrogens is 2. The summed E-state index contributed by atoms with van der Waals surface area (Å²) in [4.78, 5) is 4.52. The Morgan fingerprint density at radius 2 is 2.24 bits per heavy atom. The molecule has 2 heterocycles. The predicted molar refractivity (Wildman–Crippen MR) is 80.5 cm³/mol. The van der Waals surface area contributed by atoms with Gasteiger partial charge in [0.25, 0.3) is 5.89 Å². The summed E-state index contributed by atoms with van der Waals surface area (Å²) in [6, 6.07) is 5.51. The Labute approximate surface area is 128 Å². The number of hydrogen-bond acceptors (Lipinski definition) is 5. The Bertz CT molecular complexity index is 607. The van der Waals surface area contributed by atoms with E-state index in [9.17, 15) is 0 Å². The van der Waals surface area contributed by atoms with Gasteiger partial charge in [0.15, 0.2) is 5.82 Å². The molecule has 112 valence electrons. The van der Waals surface area contributed by atoms with Gasteiger partial charge in [0.1, 0.15) is 5.75 Å². The SMILES string of the molecule is COc1ccc(Cl)cc1-c1nc(C2CCCCCN2)no1. The van der Waals surface area contributed by atoms with Crippen molar-refractivity contribution in [2.24, 2.45) is 0 Å². The Morgan fingerprint density at radius 1 is 1.33 bits per heavy atom. The van der Waals surface area contributed by atoms with E-state index in [0.29, 0.717) is 22.5 Å². The van der Waals surface area contributed by atoms with Crippen LogP contribution in [0, 0.1) is 0 Å². The molecule has 5 nitrogen and oxygen atoms in total. The van der Waals surface area contributed by atoms with Crippen molar-refractivity contribution in [1.82, 2.24) is 15.5 Å². The van der Waals surface area contributed by atoms with Crippen molar-refractivity contribution < 1.29 is 9.26 Å². The number of ether oxygens (including phenoxy) is 1. The van der Waals surface area contributed by atoms with Gasteiger partial charge in [0, 0.05) is 5.02 Å². The lowest BCUT2D eigenvalue weighted by Gasteiger charge is -2.10. The smallest absolute Gasteiger partial charge is 0.261 e. The van der Waals surface area contributed by atoms with Gasteiger partial charge in [-0.1, -0.05) is 29.6 Å². The van der Waals surface area contributed by atoms with Crippen LogP contribution in [0.15, 0.2) is 22.7 Å². The molecule has 21 heavy (non-hydrogen) atoms. The van der Waals surface area contributed by atoms with Crippen molar-refractivity contribution in [3.63, 3.8) is 0 Å². The molecule has 1 unspecified atom stereocenters. The van der Waals surface area contributed by atoms with Crippen molar-refractivity contribution in [3.05, 3.63) is 29.0 Å². The highest BCUT2D eigenvalue weighted by molar-refractivity contribution is 6.30. The standard InChI is InChI=1S/C15H18ClN3O2/c1-20-13-7-6-10(16)9-11(13)15-18-14(19-21-15)12-5-3-2-4-8-17-12/h6-7,9,12,17H,2-5,8H2,1H3. The number of hydrogen-bond donors (Lipinski definition) is 1. The zero-order chi connectivity index (χ0) is 14.7. The third-order valence-corrected chi connectivity index (χ3v) is 3.94.